The van der Waals surface area contributed by atoms with Crippen molar-refractivity contribution >= 4 is 43.6 Å². The first-order valence-corrected chi connectivity index (χ1v) is 6.67. The largest absolute Gasteiger partial charge is 0.505 e. The molecule has 2 aromatic rings. The number of aromatic hydroxyl groups is 1. The Balaban J connectivity index is 2.84. The summed E-state index contributed by atoms with van der Waals surface area (Å²) in [5, 5.41) is 9.83. The lowest BCUT2D eigenvalue weighted by atomic mass is 10.2. The molecule has 0 saturated heterocycles. The van der Waals surface area contributed by atoms with Gasteiger partial charge in [-0.2, -0.15) is 8.42 Å². The van der Waals surface area contributed by atoms with Gasteiger partial charge in [0.15, 0.2) is 10.8 Å². The lowest BCUT2D eigenvalue weighted by molar-refractivity contribution is 0.474. The molecule has 0 aliphatic rings. The monoisotopic (exact) mass is 351 g/mol. The molecule has 0 aliphatic heterocycles. The van der Waals surface area contributed by atoms with Gasteiger partial charge in [0.05, 0.1) is 3.57 Å². The predicted octanol–water partition coefficient (Wildman–Crippen LogP) is 1.79. The molecule has 0 aliphatic carbocycles. The average molecular weight is 351 g/mol. The van der Waals surface area contributed by atoms with E-state index in [2.05, 4.69) is 4.98 Å². The number of hydrogen-bond acceptors (Lipinski definition) is 4. The van der Waals surface area contributed by atoms with E-state index >= 15 is 0 Å². The maximum atomic E-state index is 10.9. The Morgan fingerprint density at radius 3 is 2.44 bits per heavy atom. The van der Waals surface area contributed by atoms with Crippen molar-refractivity contribution in [3.8, 4) is 5.75 Å². The number of nitrogens with zero attached hydrogens (tertiary/aromatic N) is 1. The molecule has 0 radical (unpaired) electrons. The van der Waals surface area contributed by atoms with E-state index in [0.29, 0.717) is 8.96 Å². The van der Waals surface area contributed by atoms with Gasteiger partial charge in [-0.05, 0) is 40.8 Å². The Hall–Kier alpha value is -0.930. The number of benzene rings is 1. The first kappa shape index (κ1) is 11.6. The highest BCUT2D eigenvalue weighted by Gasteiger charge is 2.14. The van der Waals surface area contributed by atoms with Crippen LogP contribution in [0.4, 0.5) is 0 Å². The van der Waals surface area contributed by atoms with Crippen molar-refractivity contribution in [2.24, 2.45) is 0 Å². The third-order valence-electron chi connectivity index (χ3n) is 2.02. The molecular weight excluding hydrogens is 345 g/mol. The van der Waals surface area contributed by atoms with Crippen LogP contribution in [-0.4, -0.2) is 23.1 Å². The fraction of sp³-hybridized carbons (Fsp3) is 0. The summed E-state index contributed by atoms with van der Waals surface area (Å²) in [5.41, 5.74) is 0.155. The fourth-order valence-electron chi connectivity index (χ4n) is 1.27. The molecule has 7 heteroatoms. The number of pyridine rings is 1. The number of hydrogen-bond donors (Lipinski definition) is 2. The molecule has 0 atom stereocenters. The van der Waals surface area contributed by atoms with Crippen molar-refractivity contribution in [3.63, 3.8) is 0 Å². The van der Waals surface area contributed by atoms with Crippen molar-refractivity contribution < 1.29 is 18.1 Å². The highest BCUT2D eigenvalue weighted by Crippen LogP contribution is 2.28. The third kappa shape index (κ3) is 1.97. The second-order valence-corrected chi connectivity index (χ2v) is 5.62. The Labute approximate surface area is 105 Å². The summed E-state index contributed by atoms with van der Waals surface area (Å²) in [6.45, 7) is 0. The average Bonchev–Trinajstić information content (AvgIpc) is 2.22. The Kier molecular flexibility index (Phi) is 2.76. The van der Waals surface area contributed by atoms with Crippen LogP contribution in [0, 0.1) is 3.57 Å². The summed E-state index contributed by atoms with van der Waals surface area (Å²) in [4.78, 5) is 3.71. The van der Waals surface area contributed by atoms with Crippen LogP contribution in [-0.2, 0) is 10.1 Å². The number of halogens is 1. The summed E-state index contributed by atoms with van der Waals surface area (Å²) in [6, 6.07) is 6.05. The van der Waals surface area contributed by atoms with E-state index in [4.69, 9.17) is 4.55 Å². The van der Waals surface area contributed by atoms with Gasteiger partial charge in [-0.1, -0.05) is 6.07 Å². The second kappa shape index (κ2) is 3.82. The molecule has 0 bridgehead atoms. The molecule has 1 aromatic carbocycles. The minimum atomic E-state index is -4.35. The highest BCUT2D eigenvalue weighted by atomic mass is 127. The van der Waals surface area contributed by atoms with Crippen LogP contribution in [0.15, 0.2) is 29.3 Å². The van der Waals surface area contributed by atoms with Crippen molar-refractivity contribution in [1.29, 1.82) is 0 Å². The molecule has 1 aromatic heterocycles. The maximum Gasteiger partial charge on any atom is 0.312 e. The van der Waals surface area contributed by atoms with Gasteiger partial charge >= 0.3 is 10.1 Å². The molecule has 2 rings (SSSR count). The van der Waals surface area contributed by atoms with Gasteiger partial charge in [0, 0.05) is 5.39 Å². The van der Waals surface area contributed by atoms with Crippen LogP contribution in [0.1, 0.15) is 0 Å². The number of phenolic OH excluding ortho intramolecular Hbond substituents is 1. The minimum Gasteiger partial charge on any atom is -0.505 e. The Bertz CT molecular complexity index is 669. The normalized spacial score (nSPS) is 11.9. The van der Waals surface area contributed by atoms with Crippen molar-refractivity contribution in [3.05, 3.63) is 27.8 Å². The van der Waals surface area contributed by atoms with Crippen LogP contribution in [0.5, 0.6) is 5.75 Å². The quantitative estimate of drug-likeness (QED) is 0.604. The summed E-state index contributed by atoms with van der Waals surface area (Å²) >= 11 is 1.90. The van der Waals surface area contributed by atoms with Gasteiger partial charge < -0.3 is 5.11 Å². The second-order valence-electron chi connectivity index (χ2n) is 3.09. The van der Waals surface area contributed by atoms with E-state index in [-0.39, 0.29) is 11.3 Å². The van der Waals surface area contributed by atoms with E-state index in [9.17, 15) is 13.5 Å². The number of aromatic nitrogens is 1. The predicted molar refractivity (Wildman–Crippen MR) is 65.9 cm³/mol. The van der Waals surface area contributed by atoms with Crippen molar-refractivity contribution in [2.75, 3.05) is 0 Å². The van der Waals surface area contributed by atoms with Crippen molar-refractivity contribution in [1.82, 2.24) is 4.98 Å². The smallest absolute Gasteiger partial charge is 0.312 e. The Morgan fingerprint density at radius 2 is 1.81 bits per heavy atom. The third-order valence-corrected chi connectivity index (χ3v) is 3.65. The van der Waals surface area contributed by atoms with Crippen LogP contribution in [0.25, 0.3) is 10.9 Å². The first-order valence-electron chi connectivity index (χ1n) is 4.15. The standard InChI is InChI=1S/C9H6INO4S/c10-6-3-1-5-2-4-7(16(13,14)15)11-8(5)9(6)12/h1-4,12H,(H,13,14,15). The molecular formula is C9H6INO4S. The van der Waals surface area contributed by atoms with Gasteiger partial charge in [0.2, 0.25) is 0 Å². The molecule has 0 saturated carbocycles. The molecule has 16 heavy (non-hydrogen) atoms. The lowest BCUT2D eigenvalue weighted by Gasteiger charge is -2.03. The van der Waals surface area contributed by atoms with Crippen LogP contribution in [0.3, 0.4) is 0 Å². The van der Waals surface area contributed by atoms with Gasteiger partial charge in [0.1, 0.15) is 5.52 Å². The van der Waals surface area contributed by atoms with E-state index in [0.717, 1.165) is 0 Å². The molecule has 5 nitrogen and oxygen atoms in total. The molecule has 84 valence electrons. The first-order chi connectivity index (χ1) is 7.39. The molecule has 0 fully saturated rings. The SMILES string of the molecule is O=S(=O)(O)c1ccc2ccc(I)c(O)c2n1. The molecule has 1 heterocycles. The van der Waals surface area contributed by atoms with Crippen molar-refractivity contribution in [2.45, 2.75) is 5.03 Å². The number of rotatable bonds is 1. The molecule has 0 amide bonds. The van der Waals surface area contributed by atoms with Crippen LogP contribution >= 0.6 is 22.6 Å². The van der Waals surface area contributed by atoms with Gasteiger partial charge in [0.25, 0.3) is 0 Å². The van der Waals surface area contributed by atoms with Gasteiger partial charge in [-0.3, -0.25) is 4.55 Å². The van der Waals surface area contributed by atoms with Crippen LogP contribution in [0.2, 0.25) is 0 Å². The minimum absolute atomic E-state index is 0.0939. The fourth-order valence-corrected chi connectivity index (χ4v) is 2.16. The highest BCUT2D eigenvalue weighted by molar-refractivity contribution is 14.1. The topological polar surface area (TPSA) is 87.5 Å². The van der Waals surface area contributed by atoms with E-state index < -0.39 is 15.1 Å². The van der Waals surface area contributed by atoms with Gasteiger partial charge in [-0.15, -0.1) is 0 Å². The summed E-state index contributed by atoms with van der Waals surface area (Å²) < 4.78 is 31.2. The number of fused-ring (bicyclic) bond motifs is 1. The van der Waals surface area contributed by atoms with E-state index in [1.54, 1.807) is 12.1 Å². The molecule has 2 N–H and O–H groups in total. The molecule has 0 spiro atoms. The zero-order valence-corrected chi connectivity index (χ0v) is 10.7. The van der Waals surface area contributed by atoms with Gasteiger partial charge in [-0.25, -0.2) is 4.98 Å². The number of phenols is 1. The Morgan fingerprint density at radius 1 is 1.19 bits per heavy atom. The maximum absolute atomic E-state index is 10.9. The lowest BCUT2D eigenvalue weighted by Crippen LogP contribution is -2.01. The van der Waals surface area contributed by atoms with Crippen LogP contribution < -0.4 is 0 Å². The summed E-state index contributed by atoms with van der Waals surface area (Å²) in [6.07, 6.45) is 0. The zero-order valence-electron chi connectivity index (χ0n) is 7.75. The zero-order chi connectivity index (χ0) is 11.9. The van der Waals surface area contributed by atoms with E-state index in [1.165, 1.54) is 12.1 Å². The van der Waals surface area contributed by atoms with E-state index in [1.807, 2.05) is 22.6 Å². The summed E-state index contributed by atoms with van der Waals surface area (Å²) in [5.74, 6) is -0.0939. The molecule has 0 unspecified atom stereocenters. The summed E-state index contributed by atoms with van der Waals surface area (Å²) in [7, 11) is -4.35.